The van der Waals surface area contributed by atoms with Crippen molar-refractivity contribution >= 4 is 23.4 Å². The van der Waals surface area contributed by atoms with Crippen molar-refractivity contribution in [2.75, 3.05) is 6.54 Å². The van der Waals surface area contributed by atoms with E-state index in [0.29, 0.717) is 13.0 Å². The van der Waals surface area contributed by atoms with Gasteiger partial charge in [0.1, 0.15) is 18.7 Å². The largest absolute Gasteiger partial charge is 0.363 e. The molecule has 1 aliphatic rings. The number of halogens is 2. The van der Waals surface area contributed by atoms with E-state index in [1.165, 1.54) is 23.1 Å². The van der Waals surface area contributed by atoms with Crippen LogP contribution in [0.15, 0.2) is 24.5 Å². The minimum absolute atomic E-state index is 0.0369. The summed E-state index contributed by atoms with van der Waals surface area (Å²) in [5, 5.41) is 3.97. The van der Waals surface area contributed by atoms with Crippen molar-refractivity contribution in [1.82, 2.24) is 19.7 Å². The molecule has 0 aliphatic carbocycles. The van der Waals surface area contributed by atoms with Crippen molar-refractivity contribution in [3.05, 3.63) is 46.8 Å². The first-order chi connectivity index (χ1) is 12.3. The standard InChI is InChI=1S/C17H19ClFN5O2/c1-17(8-11-3-4-12(18)13(19)7-11)5-2-6-24(17)14(25)9-23-10-21-16(22-23)15(20)26/h3-4,7,10H,2,5-6,8-9H2,1H3,(H2,20,26). The third-order valence-electron chi connectivity index (χ3n) is 4.67. The van der Waals surface area contributed by atoms with Gasteiger partial charge >= 0.3 is 0 Å². The van der Waals surface area contributed by atoms with E-state index in [2.05, 4.69) is 10.1 Å². The second-order valence-electron chi connectivity index (χ2n) is 6.70. The maximum Gasteiger partial charge on any atom is 0.288 e. The molecule has 2 aromatic rings. The Kier molecular flexibility index (Phi) is 4.95. The van der Waals surface area contributed by atoms with Crippen molar-refractivity contribution in [2.24, 2.45) is 5.73 Å². The fraction of sp³-hybridized carbons (Fsp3) is 0.412. The van der Waals surface area contributed by atoms with Gasteiger partial charge in [0.2, 0.25) is 11.7 Å². The van der Waals surface area contributed by atoms with Crippen LogP contribution in [0.5, 0.6) is 0 Å². The zero-order chi connectivity index (χ0) is 18.9. The SMILES string of the molecule is CC1(Cc2ccc(Cl)c(F)c2)CCCN1C(=O)Cn1cnc(C(N)=O)n1. The molecule has 7 nitrogen and oxygen atoms in total. The molecular formula is C17H19ClFN5O2. The number of carbonyl (C=O) groups is 2. The van der Waals surface area contributed by atoms with E-state index in [4.69, 9.17) is 17.3 Å². The third kappa shape index (κ3) is 3.70. The van der Waals surface area contributed by atoms with E-state index < -0.39 is 17.3 Å². The number of nitrogens with two attached hydrogens (primary N) is 1. The highest BCUT2D eigenvalue weighted by Gasteiger charge is 2.39. The summed E-state index contributed by atoms with van der Waals surface area (Å²) in [6.45, 7) is 2.56. The minimum atomic E-state index is -0.744. The molecule has 2 amide bonds. The molecule has 0 spiro atoms. The normalized spacial score (nSPS) is 19.7. The van der Waals surface area contributed by atoms with Crippen LogP contribution in [-0.4, -0.2) is 43.6 Å². The first-order valence-corrected chi connectivity index (χ1v) is 8.60. The van der Waals surface area contributed by atoms with Gasteiger partial charge in [-0.15, -0.1) is 5.10 Å². The van der Waals surface area contributed by atoms with Crippen molar-refractivity contribution in [2.45, 2.75) is 38.3 Å². The summed E-state index contributed by atoms with van der Waals surface area (Å²) in [6, 6.07) is 4.71. The Morgan fingerprint density at radius 1 is 1.42 bits per heavy atom. The molecule has 1 aromatic heterocycles. The van der Waals surface area contributed by atoms with Crippen molar-refractivity contribution in [1.29, 1.82) is 0 Å². The number of primary amides is 1. The van der Waals surface area contributed by atoms with Gasteiger partial charge in [0.15, 0.2) is 0 Å². The lowest BCUT2D eigenvalue weighted by atomic mass is 9.90. The van der Waals surface area contributed by atoms with Gasteiger partial charge in [-0.25, -0.2) is 14.1 Å². The molecule has 26 heavy (non-hydrogen) atoms. The van der Waals surface area contributed by atoms with Crippen molar-refractivity contribution < 1.29 is 14.0 Å². The van der Waals surface area contributed by atoms with E-state index in [0.717, 1.165) is 18.4 Å². The van der Waals surface area contributed by atoms with E-state index >= 15 is 0 Å². The Bertz CT molecular complexity index is 855. The predicted molar refractivity (Wildman–Crippen MR) is 93.0 cm³/mol. The van der Waals surface area contributed by atoms with E-state index in [9.17, 15) is 14.0 Å². The van der Waals surface area contributed by atoms with Crippen LogP contribution < -0.4 is 5.73 Å². The molecule has 2 heterocycles. The maximum absolute atomic E-state index is 13.7. The van der Waals surface area contributed by atoms with Gasteiger partial charge in [0.05, 0.1) is 5.02 Å². The second kappa shape index (κ2) is 7.03. The molecule has 1 atom stereocenters. The minimum Gasteiger partial charge on any atom is -0.363 e. The molecule has 0 radical (unpaired) electrons. The van der Waals surface area contributed by atoms with Crippen LogP contribution in [-0.2, 0) is 17.8 Å². The lowest BCUT2D eigenvalue weighted by molar-refractivity contribution is -0.135. The summed E-state index contributed by atoms with van der Waals surface area (Å²) in [5.41, 5.74) is 5.48. The topological polar surface area (TPSA) is 94.1 Å². The van der Waals surface area contributed by atoms with Crippen molar-refractivity contribution in [3.8, 4) is 0 Å². The van der Waals surface area contributed by atoms with Crippen LogP contribution >= 0.6 is 11.6 Å². The van der Waals surface area contributed by atoms with Gasteiger partial charge in [0.25, 0.3) is 5.91 Å². The summed E-state index contributed by atoms with van der Waals surface area (Å²) in [4.78, 5) is 29.4. The number of amides is 2. The highest BCUT2D eigenvalue weighted by molar-refractivity contribution is 6.30. The quantitative estimate of drug-likeness (QED) is 0.856. The fourth-order valence-electron chi connectivity index (χ4n) is 3.43. The van der Waals surface area contributed by atoms with Gasteiger partial charge in [-0.05, 0) is 43.9 Å². The Balaban J connectivity index is 1.73. The Morgan fingerprint density at radius 3 is 2.85 bits per heavy atom. The van der Waals surface area contributed by atoms with Crippen molar-refractivity contribution in [3.63, 3.8) is 0 Å². The monoisotopic (exact) mass is 379 g/mol. The highest BCUT2D eigenvalue weighted by Crippen LogP contribution is 2.33. The van der Waals surface area contributed by atoms with Gasteiger partial charge in [0, 0.05) is 12.1 Å². The van der Waals surface area contributed by atoms with Crippen LogP contribution in [0.4, 0.5) is 4.39 Å². The van der Waals surface area contributed by atoms with Gasteiger partial charge < -0.3 is 10.6 Å². The molecule has 1 aromatic carbocycles. The summed E-state index contributed by atoms with van der Waals surface area (Å²) in [7, 11) is 0. The van der Waals surface area contributed by atoms with Crippen LogP contribution in [0.3, 0.4) is 0 Å². The lowest BCUT2D eigenvalue weighted by Gasteiger charge is -2.35. The zero-order valence-electron chi connectivity index (χ0n) is 14.3. The first kappa shape index (κ1) is 18.3. The summed E-state index contributed by atoms with van der Waals surface area (Å²) < 4.78 is 15.0. The molecule has 1 saturated heterocycles. The number of hydrogen-bond acceptors (Lipinski definition) is 4. The highest BCUT2D eigenvalue weighted by atomic mass is 35.5. The van der Waals surface area contributed by atoms with Gasteiger partial charge in [-0.2, -0.15) is 0 Å². The lowest BCUT2D eigenvalue weighted by Crippen LogP contribution is -2.47. The number of rotatable bonds is 5. The molecule has 1 fully saturated rings. The Labute approximate surface area is 154 Å². The molecule has 0 bridgehead atoms. The number of hydrogen-bond donors (Lipinski definition) is 1. The third-order valence-corrected chi connectivity index (χ3v) is 4.98. The second-order valence-corrected chi connectivity index (χ2v) is 7.11. The number of likely N-dealkylation sites (tertiary alicyclic amines) is 1. The molecule has 0 saturated carbocycles. The number of carbonyl (C=O) groups excluding carboxylic acids is 2. The summed E-state index contributed by atoms with van der Waals surface area (Å²) in [6.07, 6.45) is 3.51. The molecular weight excluding hydrogens is 361 g/mol. The average molecular weight is 380 g/mol. The zero-order valence-corrected chi connectivity index (χ0v) is 15.0. The smallest absolute Gasteiger partial charge is 0.288 e. The van der Waals surface area contributed by atoms with Gasteiger partial charge in [-0.1, -0.05) is 17.7 Å². The van der Waals surface area contributed by atoms with E-state index in [1.54, 1.807) is 11.0 Å². The molecule has 138 valence electrons. The number of benzene rings is 1. The van der Waals surface area contributed by atoms with Gasteiger partial charge in [-0.3, -0.25) is 9.59 Å². The first-order valence-electron chi connectivity index (χ1n) is 8.22. The van der Waals surface area contributed by atoms with Crippen LogP contribution in [0.2, 0.25) is 5.02 Å². The molecule has 1 aliphatic heterocycles. The molecule has 1 unspecified atom stereocenters. The molecule has 3 rings (SSSR count). The summed E-state index contributed by atoms with van der Waals surface area (Å²) >= 11 is 5.74. The van der Waals surface area contributed by atoms with E-state index in [1.807, 2.05) is 6.92 Å². The fourth-order valence-corrected chi connectivity index (χ4v) is 3.55. The maximum atomic E-state index is 13.7. The predicted octanol–water partition coefficient (Wildman–Crippen LogP) is 1.79. The Morgan fingerprint density at radius 2 is 2.19 bits per heavy atom. The molecule has 2 N–H and O–H groups in total. The number of aromatic nitrogens is 3. The molecule has 9 heteroatoms. The van der Waals surface area contributed by atoms with Crippen LogP contribution in [0.25, 0.3) is 0 Å². The summed E-state index contributed by atoms with van der Waals surface area (Å²) in [5.74, 6) is -1.48. The van der Waals surface area contributed by atoms with Crippen LogP contribution in [0.1, 0.15) is 35.9 Å². The Hall–Kier alpha value is -2.48. The van der Waals surface area contributed by atoms with Crippen LogP contribution in [0, 0.1) is 5.82 Å². The average Bonchev–Trinajstić information content (AvgIpc) is 3.18. The van der Waals surface area contributed by atoms with E-state index in [-0.39, 0.29) is 23.3 Å². The number of nitrogens with zero attached hydrogens (tertiary/aromatic N) is 4.